The molecule has 1 aromatic heterocycles. The lowest BCUT2D eigenvalue weighted by Gasteiger charge is -2.07. The zero-order valence-electron chi connectivity index (χ0n) is 15.2. The number of hydrogen-bond donors (Lipinski definition) is 2. The quantitative estimate of drug-likeness (QED) is 0.612. The molecule has 0 saturated carbocycles. The van der Waals surface area contributed by atoms with Crippen molar-refractivity contribution in [3.63, 3.8) is 0 Å². The summed E-state index contributed by atoms with van der Waals surface area (Å²) in [5.74, 6) is 0.332. The number of nitrogens with zero attached hydrogens (tertiary/aromatic N) is 2. The summed E-state index contributed by atoms with van der Waals surface area (Å²) in [6.07, 6.45) is 0. The Bertz CT molecular complexity index is 1110. The third-order valence-electron chi connectivity index (χ3n) is 4.00. The minimum atomic E-state index is -3.78. The van der Waals surface area contributed by atoms with Crippen molar-refractivity contribution in [2.24, 2.45) is 5.73 Å². The van der Waals surface area contributed by atoms with E-state index in [9.17, 15) is 13.2 Å². The Morgan fingerprint density at radius 2 is 1.82 bits per heavy atom. The highest BCUT2D eigenvalue weighted by Crippen LogP contribution is 2.31. The molecule has 0 spiro atoms. The van der Waals surface area contributed by atoms with Crippen LogP contribution < -0.4 is 15.2 Å². The fraction of sp³-hybridized carbons (Fsp3) is 0.167. The van der Waals surface area contributed by atoms with Crippen LogP contribution in [0.2, 0.25) is 0 Å². The molecule has 0 saturated heterocycles. The van der Waals surface area contributed by atoms with Crippen LogP contribution >= 0.6 is 0 Å². The summed E-state index contributed by atoms with van der Waals surface area (Å²) in [4.78, 5) is 15.2. The number of benzene rings is 2. The number of aromatic amines is 1. The lowest BCUT2D eigenvalue weighted by Crippen LogP contribution is -2.11. The van der Waals surface area contributed by atoms with Crippen LogP contribution in [-0.4, -0.2) is 43.7 Å². The SMILES string of the molecule is COc1ccc(-c2n[nH]c(S(=O)(=O)Cc3ccc(C(N)=O)cc3)n2)c(OC)c1. The molecule has 2 aromatic carbocycles. The molecule has 0 atom stereocenters. The number of ether oxygens (including phenoxy) is 2. The van der Waals surface area contributed by atoms with Gasteiger partial charge in [0.05, 0.1) is 25.5 Å². The fourth-order valence-corrected chi connectivity index (χ4v) is 3.72. The zero-order valence-corrected chi connectivity index (χ0v) is 16.0. The van der Waals surface area contributed by atoms with E-state index in [0.29, 0.717) is 28.2 Å². The van der Waals surface area contributed by atoms with Crippen LogP contribution in [0.5, 0.6) is 11.5 Å². The van der Waals surface area contributed by atoms with Gasteiger partial charge in [0.2, 0.25) is 20.9 Å². The average Bonchev–Trinajstić information content (AvgIpc) is 3.18. The minimum absolute atomic E-state index is 0.183. The second-order valence-electron chi connectivity index (χ2n) is 5.85. The first kappa shape index (κ1) is 19.4. The first-order chi connectivity index (χ1) is 13.3. The van der Waals surface area contributed by atoms with Gasteiger partial charge in [-0.25, -0.2) is 13.5 Å². The predicted octanol–water partition coefficient (Wildman–Crippen LogP) is 1.56. The topological polar surface area (TPSA) is 137 Å². The predicted molar refractivity (Wildman–Crippen MR) is 101 cm³/mol. The third-order valence-corrected chi connectivity index (χ3v) is 5.49. The summed E-state index contributed by atoms with van der Waals surface area (Å²) in [5.41, 5.74) is 6.50. The van der Waals surface area contributed by atoms with Crippen molar-refractivity contribution >= 4 is 15.7 Å². The molecule has 1 heterocycles. The van der Waals surface area contributed by atoms with E-state index in [0.717, 1.165) is 0 Å². The number of sulfone groups is 1. The fourth-order valence-electron chi connectivity index (χ4n) is 2.54. The van der Waals surface area contributed by atoms with E-state index in [4.69, 9.17) is 15.2 Å². The summed E-state index contributed by atoms with van der Waals surface area (Å²) < 4.78 is 35.7. The number of amides is 1. The Kier molecular flexibility index (Phi) is 5.32. The molecule has 0 unspecified atom stereocenters. The smallest absolute Gasteiger partial charge is 0.248 e. The van der Waals surface area contributed by atoms with Gasteiger partial charge in [0.15, 0.2) is 5.82 Å². The number of primary amides is 1. The van der Waals surface area contributed by atoms with E-state index < -0.39 is 15.7 Å². The maximum absolute atomic E-state index is 12.6. The van der Waals surface area contributed by atoms with Gasteiger partial charge in [-0.2, -0.15) is 10.1 Å². The summed E-state index contributed by atoms with van der Waals surface area (Å²) >= 11 is 0. The van der Waals surface area contributed by atoms with Crippen molar-refractivity contribution < 1.29 is 22.7 Å². The molecule has 0 aliphatic rings. The number of carbonyl (C=O) groups is 1. The Labute approximate surface area is 161 Å². The Morgan fingerprint density at radius 1 is 1.11 bits per heavy atom. The van der Waals surface area contributed by atoms with Crippen molar-refractivity contribution in [2.45, 2.75) is 10.9 Å². The van der Waals surface area contributed by atoms with Gasteiger partial charge in [-0.15, -0.1) is 0 Å². The van der Waals surface area contributed by atoms with Crippen LogP contribution in [0.25, 0.3) is 11.4 Å². The maximum atomic E-state index is 12.6. The van der Waals surface area contributed by atoms with Gasteiger partial charge >= 0.3 is 0 Å². The van der Waals surface area contributed by atoms with Crippen molar-refractivity contribution in [3.8, 4) is 22.9 Å². The van der Waals surface area contributed by atoms with Crippen LogP contribution in [0, 0.1) is 0 Å². The molecule has 0 aliphatic carbocycles. The van der Waals surface area contributed by atoms with Crippen LogP contribution in [-0.2, 0) is 15.6 Å². The Morgan fingerprint density at radius 3 is 2.43 bits per heavy atom. The lowest BCUT2D eigenvalue weighted by molar-refractivity contribution is 0.100. The number of nitrogens with two attached hydrogens (primary N) is 1. The molecule has 3 N–H and O–H groups in total. The van der Waals surface area contributed by atoms with E-state index in [1.54, 1.807) is 18.2 Å². The normalized spacial score (nSPS) is 11.2. The highest BCUT2D eigenvalue weighted by atomic mass is 32.2. The first-order valence-electron chi connectivity index (χ1n) is 8.10. The van der Waals surface area contributed by atoms with Gasteiger partial charge in [0.1, 0.15) is 11.5 Å². The molecular formula is C18H18N4O5S. The van der Waals surface area contributed by atoms with E-state index in [-0.39, 0.29) is 16.7 Å². The molecule has 3 rings (SSSR count). The number of H-pyrrole nitrogens is 1. The number of nitrogens with one attached hydrogen (secondary N) is 1. The van der Waals surface area contributed by atoms with E-state index in [1.165, 1.54) is 38.5 Å². The maximum Gasteiger partial charge on any atom is 0.248 e. The monoisotopic (exact) mass is 402 g/mol. The molecule has 28 heavy (non-hydrogen) atoms. The molecule has 0 aliphatic heterocycles. The summed E-state index contributed by atoms with van der Waals surface area (Å²) in [7, 11) is -0.763. The number of hydrogen-bond acceptors (Lipinski definition) is 7. The van der Waals surface area contributed by atoms with E-state index in [2.05, 4.69) is 15.2 Å². The number of rotatable bonds is 7. The van der Waals surface area contributed by atoms with Crippen LogP contribution in [0.15, 0.2) is 47.6 Å². The minimum Gasteiger partial charge on any atom is -0.497 e. The molecule has 10 heteroatoms. The second-order valence-corrected chi connectivity index (χ2v) is 7.76. The Balaban J connectivity index is 1.87. The van der Waals surface area contributed by atoms with Gasteiger partial charge in [-0.05, 0) is 29.8 Å². The Hall–Kier alpha value is -3.40. The highest BCUT2D eigenvalue weighted by molar-refractivity contribution is 7.90. The van der Waals surface area contributed by atoms with Crippen molar-refractivity contribution in [3.05, 3.63) is 53.6 Å². The van der Waals surface area contributed by atoms with Gasteiger partial charge in [-0.3, -0.25) is 4.79 Å². The molecule has 9 nitrogen and oxygen atoms in total. The van der Waals surface area contributed by atoms with Crippen molar-refractivity contribution in [1.82, 2.24) is 15.2 Å². The lowest BCUT2D eigenvalue weighted by atomic mass is 10.1. The summed E-state index contributed by atoms with van der Waals surface area (Å²) in [6.45, 7) is 0. The zero-order chi connectivity index (χ0) is 20.3. The molecule has 1 amide bonds. The van der Waals surface area contributed by atoms with Crippen molar-refractivity contribution in [1.29, 1.82) is 0 Å². The second kappa shape index (κ2) is 7.69. The molecule has 0 fully saturated rings. The van der Waals surface area contributed by atoms with Gasteiger partial charge in [0, 0.05) is 11.6 Å². The molecule has 146 valence electrons. The van der Waals surface area contributed by atoms with Crippen LogP contribution in [0.3, 0.4) is 0 Å². The van der Waals surface area contributed by atoms with Gasteiger partial charge in [0.25, 0.3) is 0 Å². The largest absolute Gasteiger partial charge is 0.497 e. The first-order valence-corrected chi connectivity index (χ1v) is 9.75. The summed E-state index contributed by atoms with van der Waals surface area (Å²) in [6, 6.07) is 11.0. The standard InChI is InChI=1S/C18H18N4O5S/c1-26-13-7-8-14(15(9-13)27-2)17-20-18(22-21-17)28(24,25)10-11-3-5-12(6-4-11)16(19)23/h3-9H,10H2,1-2H3,(H2,19,23)(H,20,21,22). The van der Waals surface area contributed by atoms with E-state index in [1.807, 2.05) is 0 Å². The van der Waals surface area contributed by atoms with E-state index >= 15 is 0 Å². The molecule has 0 radical (unpaired) electrons. The summed E-state index contributed by atoms with van der Waals surface area (Å²) in [5, 5.41) is 6.20. The van der Waals surface area contributed by atoms with Crippen LogP contribution in [0.1, 0.15) is 15.9 Å². The molecule has 0 bridgehead atoms. The third kappa shape index (κ3) is 3.96. The number of methoxy groups -OCH3 is 2. The number of aromatic nitrogens is 3. The van der Waals surface area contributed by atoms with Gasteiger partial charge in [-0.1, -0.05) is 12.1 Å². The highest BCUT2D eigenvalue weighted by Gasteiger charge is 2.22. The molecule has 3 aromatic rings. The molecular weight excluding hydrogens is 384 g/mol. The van der Waals surface area contributed by atoms with Crippen LogP contribution in [0.4, 0.5) is 0 Å². The number of carbonyl (C=O) groups excluding carboxylic acids is 1. The van der Waals surface area contributed by atoms with Crippen molar-refractivity contribution in [2.75, 3.05) is 14.2 Å². The van der Waals surface area contributed by atoms with Gasteiger partial charge < -0.3 is 15.2 Å². The average molecular weight is 402 g/mol.